The van der Waals surface area contributed by atoms with Crippen molar-refractivity contribution in [2.45, 2.75) is 6.92 Å². The van der Waals surface area contributed by atoms with Crippen LogP contribution in [0, 0.1) is 11.8 Å². The van der Waals surface area contributed by atoms with Crippen molar-refractivity contribution in [3.05, 3.63) is 29.3 Å². The van der Waals surface area contributed by atoms with Crippen molar-refractivity contribution in [1.29, 1.82) is 0 Å². The second-order valence-electron chi connectivity index (χ2n) is 3.16. The summed E-state index contributed by atoms with van der Waals surface area (Å²) in [6.45, 7) is 1.51. The Morgan fingerprint density at radius 3 is 2.88 bits per heavy atom. The number of hydrogen-bond donors (Lipinski definition) is 0. The highest BCUT2D eigenvalue weighted by Gasteiger charge is 2.01. The van der Waals surface area contributed by atoms with Gasteiger partial charge in [0.05, 0.1) is 18.4 Å². The molecule has 0 bridgehead atoms. The molecule has 0 spiro atoms. The maximum atomic E-state index is 10.7. The molecule has 88 valence electrons. The molecule has 0 unspecified atom stereocenters. The van der Waals surface area contributed by atoms with Gasteiger partial charge in [0.2, 0.25) is 0 Å². The van der Waals surface area contributed by atoms with E-state index in [9.17, 15) is 9.59 Å². The smallest absolute Gasteiger partial charge is 0.186 e. The third-order valence-electron chi connectivity index (χ3n) is 1.94. The molecule has 0 saturated carbocycles. The van der Waals surface area contributed by atoms with Crippen LogP contribution < -0.4 is 4.74 Å². The molecule has 1 rings (SSSR count). The van der Waals surface area contributed by atoms with E-state index in [0.29, 0.717) is 17.1 Å². The van der Waals surface area contributed by atoms with Crippen LogP contribution >= 0.6 is 11.8 Å². The lowest BCUT2D eigenvalue weighted by molar-refractivity contribution is -0.109. The maximum Gasteiger partial charge on any atom is 0.186 e. The fourth-order valence-electron chi connectivity index (χ4n) is 1.16. The van der Waals surface area contributed by atoms with Gasteiger partial charge >= 0.3 is 0 Å². The fraction of sp³-hybridized carbons (Fsp3) is 0.231. The molecule has 0 heterocycles. The number of benzene rings is 1. The Bertz CT molecular complexity index is 483. The minimum atomic E-state index is 0.0492. The molecule has 0 aromatic heterocycles. The number of ether oxygens (including phenoxy) is 1. The summed E-state index contributed by atoms with van der Waals surface area (Å²) < 4.78 is 5.06. The fourth-order valence-corrected chi connectivity index (χ4v) is 1.51. The molecular formula is C13H12O3S. The molecule has 0 radical (unpaired) electrons. The molecule has 0 atom stereocenters. The average molecular weight is 248 g/mol. The van der Waals surface area contributed by atoms with E-state index in [1.807, 2.05) is 0 Å². The van der Waals surface area contributed by atoms with Crippen molar-refractivity contribution in [3.8, 4) is 17.6 Å². The quantitative estimate of drug-likeness (QED) is 0.607. The lowest BCUT2D eigenvalue weighted by Crippen LogP contribution is -1.91. The zero-order valence-electron chi connectivity index (χ0n) is 9.65. The molecule has 0 aliphatic heterocycles. The predicted octanol–water partition coefficient (Wildman–Crippen LogP) is 2.14. The third kappa shape index (κ3) is 4.33. The number of aldehydes is 1. The van der Waals surface area contributed by atoms with Gasteiger partial charge in [-0.2, -0.15) is 0 Å². The Morgan fingerprint density at radius 1 is 1.53 bits per heavy atom. The molecule has 4 heteroatoms. The van der Waals surface area contributed by atoms with Crippen LogP contribution in [0.15, 0.2) is 18.2 Å². The predicted molar refractivity (Wildman–Crippen MR) is 68.4 cm³/mol. The van der Waals surface area contributed by atoms with Crippen molar-refractivity contribution >= 4 is 23.2 Å². The Labute approximate surface area is 105 Å². The number of rotatable bonds is 3. The van der Waals surface area contributed by atoms with Crippen molar-refractivity contribution in [3.63, 3.8) is 0 Å². The van der Waals surface area contributed by atoms with Gasteiger partial charge in [-0.15, -0.1) is 0 Å². The molecule has 0 amide bonds. The van der Waals surface area contributed by atoms with Gasteiger partial charge in [-0.3, -0.25) is 9.59 Å². The van der Waals surface area contributed by atoms with Crippen LogP contribution in [0.2, 0.25) is 0 Å². The van der Waals surface area contributed by atoms with Gasteiger partial charge in [0.1, 0.15) is 5.75 Å². The monoisotopic (exact) mass is 248 g/mol. The first-order valence-corrected chi connectivity index (χ1v) is 5.91. The molecule has 0 fully saturated rings. The second-order valence-corrected chi connectivity index (χ2v) is 4.31. The largest absolute Gasteiger partial charge is 0.496 e. The van der Waals surface area contributed by atoms with Gasteiger partial charge in [-0.05, 0) is 18.2 Å². The molecule has 1 aromatic carbocycles. The summed E-state index contributed by atoms with van der Waals surface area (Å²) in [5, 5.41) is 0.0492. The Balaban J connectivity index is 2.78. The van der Waals surface area contributed by atoms with Crippen LogP contribution in [0.5, 0.6) is 5.75 Å². The molecular weight excluding hydrogens is 236 g/mol. The summed E-state index contributed by atoms with van der Waals surface area (Å²) in [6, 6.07) is 5.11. The number of carbonyl (C=O) groups is 2. The van der Waals surface area contributed by atoms with Crippen LogP contribution in [0.3, 0.4) is 0 Å². The molecule has 1 aromatic rings. The zero-order chi connectivity index (χ0) is 12.7. The number of hydrogen-bond acceptors (Lipinski definition) is 4. The van der Waals surface area contributed by atoms with E-state index in [0.717, 1.165) is 11.8 Å². The van der Waals surface area contributed by atoms with Gasteiger partial charge < -0.3 is 4.74 Å². The molecule has 17 heavy (non-hydrogen) atoms. The SMILES string of the molecule is COc1cc(C#CCSC(C)=O)ccc1C=O. The van der Waals surface area contributed by atoms with Crippen molar-refractivity contribution in [1.82, 2.24) is 0 Å². The van der Waals surface area contributed by atoms with Crippen LogP contribution in [0.1, 0.15) is 22.8 Å². The van der Waals surface area contributed by atoms with E-state index >= 15 is 0 Å². The summed E-state index contributed by atoms with van der Waals surface area (Å²) in [5.74, 6) is 6.75. The maximum absolute atomic E-state index is 10.7. The topological polar surface area (TPSA) is 43.4 Å². The van der Waals surface area contributed by atoms with Gasteiger partial charge in [0.25, 0.3) is 0 Å². The van der Waals surface area contributed by atoms with Crippen molar-refractivity contribution < 1.29 is 14.3 Å². The summed E-state index contributed by atoms with van der Waals surface area (Å²) in [5.41, 5.74) is 1.26. The van der Waals surface area contributed by atoms with Gasteiger partial charge in [0.15, 0.2) is 11.4 Å². The minimum Gasteiger partial charge on any atom is -0.496 e. The number of thioether (sulfide) groups is 1. The van der Waals surface area contributed by atoms with E-state index in [4.69, 9.17) is 4.74 Å². The Hall–Kier alpha value is -1.73. The van der Waals surface area contributed by atoms with Crippen LogP contribution in [-0.4, -0.2) is 24.3 Å². The van der Waals surface area contributed by atoms with E-state index in [2.05, 4.69) is 11.8 Å². The van der Waals surface area contributed by atoms with Crippen molar-refractivity contribution in [2.24, 2.45) is 0 Å². The normalized spacial score (nSPS) is 9.06. The van der Waals surface area contributed by atoms with Crippen LogP contribution in [0.25, 0.3) is 0 Å². The first-order valence-electron chi connectivity index (χ1n) is 4.93. The highest BCUT2D eigenvalue weighted by atomic mass is 32.2. The molecule has 0 N–H and O–H groups in total. The summed E-state index contributed by atoms with van der Waals surface area (Å²) in [4.78, 5) is 21.4. The van der Waals surface area contributed by atoms with Crippen molar-refractivity contribution in [2.75, 3.05) is 12.9 Å². The molecule has 3 nitrogen and oxygen atoms in total. The lowest BCUT2D eigenvalue weighted by Gasteiger charge is -2.02. The third-order valence-corrected chi connectivity index (χ3v) is 2.64. The van der Waals surface area contributed by atoms with Gasteiger partial charge in [0, 0.05) is 12.5 Å². The second kappa shape index (κ2) is 6.77. The first-order chi connectivity index (χ1) is 8.17. The average Bonchev–Trinajstić information content (AvgIpc) is 2.34. The summed E-state index contributed by atoms with van der Waals surface area (Å²) in [7, 11) is 1.51. The van der Waals surface area contributed by atoms with E-state index in [1.165, 1.54) is 25.8 Å². The van der Waals surface area contributed by atoms with Crippen LogP contribution in [-0.2, 0) is 4.79 Å². The molecule has 0 aliphatic rings. The Kier molecular flexibility index (Phi) is 5.31. The van der Waals surface area contributed by atoms with Crippen LogP contribution in [0.4, 0.5) is 0 Å². The highest BCUT2D eigenvalue weighted by Crippen LogP contribution is 2.17. The number of carbonyl (C=O) groups excluding carboxylic acids is 2. The van der Waals surface area contributed by atoms with Gasteiger partial charge in [-0.25, -0.2) is 0 Å². The minimum absolute atomic E-state index is 0.0492. The number of methoxy groups -OCH3 is 1. The highest BCUT2D eigenvalue weighted by molar-refractivity contribution is 8.13. The van der Waals surface area contributed by atoms with Gasteiger partial charge in [-0.1, -0.05) is 23.6 Å². The Morgan fingerprint density at radius 2 is 2.29 bits per heavy atom. The van der Waals surface area contributed by atoms with E-state index in [-0.39, 0.29) is 5.12 Å². The van der Waals surface area contributed by atoms with E-state index in [1.54, 1.807) is 18.2 Å². The lowest BCUT2D eigenvalue weighted by atomic mass is 10.1. The summed E-state index contributed by atoms with van der Waals surface area (Å²) >= 11 is 1.17. The zero-order valence-corrected chi connectivity index (χ0v) is 10.5. The standard InChI is InChI=1S/C13H12O3S/c1-10(15)17-7-3-4-11-5-6-12(9-14)13(8-11)16-2/h5-6,8-9H,7H2,1-2H3. The summed E-state index contributed by atoms with van der Waals surface area (Å²) in [6.07, 6.45) is 0.738. The molecule has 0 aliphatic carbocycles. The molecule has 0 saturated heterocycles. The first kappa shape index (κ1) is 13.3. The van der Waals surface area contributed by atoms with E-state index < -0.39 is 0 Å².